The Morgan fingerprint density at radius 3 is 2.63 bits per heavy atom. The average Bonchev–Trinajstić information content (AvgIpc) is 3.39. The normalized spacial score (nSPS) is 16.5. The van der Waals surface area contributed by atoms with E-state index in [2.05, 4.69) is 20.5 Å². The van der Waals surface area contributed by atoms with E-state index in [1.165, 1.54) is 12.1 Å². The van der Waals surface area contributed by atoms with Crippen LogP contribution in [-0.4, -0.2) is 50.2 Å². The molecule has 9 nitrogen and oxygen atoms in total. The molecule has 1 aromatic heterocycles. The highest BCUT2D eigenvalue weighted by Crippen LogP contribution is 2.32. The maximum absolute atomic E-state index is 12.8. The van der Waals surface area contributed by atoms with Gasteiger partial charge in [0.05, 0.1) is 25.7 Å². The van der Waals surface area contributed by atoms with E-state index in [1.54, 1.807) is 18.2 Å². The Labute approximate surface area is 212 Å². The molecule has 2 aromatic carbocycles. The first kappa shape index (κ1) is 25.4. The van der Waals surface area contributed by atoms with Gasteiger partial charge in [0.2, 0.25) is 0 Å². The Balaban J connectivity index is 1.45. The number of nitrogens with one attached hydrogen (secondary N) is 2. The first-order chi connectivity index (χ1) is 16.3. The van der Waals surface area contributed by atoms with Crippen LogP contribution in [0.15, 0.2) is 41.3 Å². The fourth-order valence-electron chi connectivity index (χ4n) is 3.97. The lowest BCUT2D eigenvalue weighted by Gasteiger charge is -2.27. The number of benzene rings is 2. The lowest BCUT2D eigenvalue weighted by Crippen LogP contribution is -2.42. The van der Waals surface area contributed by atoms with E-state index < -0.39 is 21.8 Å². The summed E-state index contributed by atoms with van der Waals surface area (Å²) in [6.45, 7) is 5.60. The summed E-state index contributed by atoms with van der Waals surface area (Å²) < 4.78 is 24.1. The maximum atomic E-state index is 12.8. The lowest BCUT2D eigenvalue weighted by atomic mass is 9.88. The Morgan fingerprint density at radius 2 is 1.97 bits per heavy atom. The number of anilines is 2. The smallest absolute Gasteiger partial charge is 0.327 e. The van der Waals surface area contributed by atoms with Crippen molar-refractivity contribution in [3.05, 3.63) is 47.0 Å². The number of nitrogens with zero attached hydrogens (tertiary/aromatic N) is 2. The van der Waals surface area contributed by atoms with Gasteiger partial charge >= 0.3 is 6.03 Å². The van der Waals surface area contributed by atoms with Crippen molar-refractivity contribution in [1.82, 2.24) is 10.3 Å². The Hall–Kier alpha value is -2.73. The number of thiazole rings is 1. The van der Waals surface area contributed by atoms with Crippen molar-refractivity contribution in [2.24, 2.45) is 11.7 Å². The summed E-state index contributed by atoms with van der Waals surface area (Å²) in [4.78, 5) is 31.8. The van der Waals surface area contributed by atoms with Gasteiger partial charge in [0, 0.05) is 30.6 Å². The number of carbonyl (C=O) groups is 2. The van der Waals surface area contributed by atoms with E-state index in [4.69, 9.17) is 17.3 Å². The summed E-state index contributed by atoms with van der Waals surface area (Å²) in [6, 6.07) is 8.89. The van der Waals surface area contributed by atoms with Crippen molar-refractivity contribution >= 4 is 65.7 Å². The largest absolute Gasteiger partial charge is 0.371 e. The van der Waals surface area contributed by atoms with Gasteiger partial charge in [-0.05, 0) is 62.6 Å². The molecule has 1 aliphatic heterocycles. The highest BCUT2D eigenvalue weighted by Gasteiger charge is 2.32. The van der Waals surface area contributed by atoms with Gasteiger partial charge in [-0.15, -0.1) is 0 Å². The molecule has 3 aromatic rings. The minimum atomic E-state index is -3.37. The number of nitrogens with two attached hydrogens (primary N) is 1. The number of amides is 3. The number of aromatic nitrogens is 1. The van der Waals surface area contributed by atoms with Gasteiger partial charge in [-0.2, -0.15) is 0 Å². The molecule has 1 fully saturated rings. The van der Waals surface area contributed by atoms with Crippen molar-refractivity contribution in [3.8, 4) is 0 Å². The van der Waals surface area contributed by atoms with Gasteiger partial charge in [-0.3, -0.25) is 15.4 Å². The van der Waals surface area contributed by atoms with Gasteiger partial charge in [-0.1, -0.05) is 22.9 Å². The summed E-state index contributed by atoms with van der Waals surface area (Å²) in [6.07, 6.45) is 2.07. The number of carbonyl (C=O) groups excluding carboxylic acids is 2. The number of hydrogen-bond acceptors (Lipinski definition) is 8. The molecular formula is C23H26ClN5O4S2. The Morgan fingerprint density at radius 1 is 1.23 bits per heavy atom. The fourth-order valence-corrected chi connectivity index (χ4v) is 5.80. The molecule has 12 heteroatoms. The molecule has 4 N–H and O–H groups in total. The summed E-state index contributed by atoms with van der Waals surface area (Å²) in [7, 11) is -3.37. The summed E-state index contributed by atoms with van der Waals surface area (Å²) in [5.41, 5.74) is 7.51. The first-order valence-corrected chi connectivity index (χ1v) is 14.0. The number of rotatable bonds is 5. The standard InChI is InChI=1S/C23H26ClN5O4S2/c1-23(2,25)13-8-9-29(12-13)14-4-6-17(24)16(10-14)20(30)27-21(31)28-22-26-18-7-5-15(35(3,32)33)11-19(18)34-22/h4-7,10-11,13H,8-9,12,25H2,1-3H3,(H2,26,27,28,30,31). The molecule has 0 saturated carbocycles. The molecule has 0 bridgehead atoms. The van der Waals surface area contributed by atoms with Gasteiger partial charge in [0.15, 0.2) is 15.0 Å². The minimum Gasteiger partial charge on any atom is -0.371 e. The topological polar surface area (TPSA) is 134 Å². The molecule has 0 aliphatic carbocycles. The molecule has 2 heterocycles. The number of imide groups is 1. The van der Waals surface area contributed by atoms with E-state index in [0.29, 0.717) is 16.1 Å². The van der Waals surface area contributed by atoms with Crippen molar-refractivity contribution < 1.29 is 18.0 Å². The average molecular weight is 536 g/mol. The SMILES string of the molecule is CC(C)(N)C1CCN(c2ccc(Cl)c(C(=O)NC(=O)Nc3nc4ccc(S(C)(=O)=O)cc4s3)c2)C1. The van der Waals surface area contributed by atoms with Crippen molar-refractivity contribution in [2.75, 3.05) is 29.6 Å². The molecule has 1 unspecified atom stereocenters. The molecule has 35 heavy (non-hydrogen) atoms. The predicted molar refractivity (Wildman–Crippen MR) is 139 cm³/mol. The van der Waals surface area contributed by atoms with Crippen LogP contribution in [0.25, 0.3) is 10.2 Å². The monoisotopic (exact) mass is 535 g/mol. The van der Waals surface area contributed by atoms with Crippen LogP contribution in [-0.2, 0) is 9.84 Å². The van der Waals surface area contributed by atoms with E-state index in [0.717, 1.165) is 42.8 Å². The number of hydrogen-bond donors (Lipinski definition) is 3. The summed E-state index contributed by atoms with van der Waals surface area (Å²) >= 11 is 7.36. The molecule has 0 spiro atoms. The minimum absolute atomic E-state index is 0.161. The van der Waals surface area contributed by atoms with Crippen molar-refractivity contribution in [3.63, 3.8) is 0 Å². The molecule has 0 radical (unpaired) electrons. The zero-order chi connectivity index (χ0) is 25.5. The van der Waals surface area contributed by atoms with Crippen molar-refractivity contribution in [2.45, 2.75) is 30.7 Å². The Kier molecular flexibility index (Phi) is 6.80. The van der Waals surface area contributed by atoms with E-state index >= 15 is 0 Å². The van der Waals surface area contributed by atoms with Crippen LogP contribution in [0.3, 0.4) is 0 Å². The first-order valence-electron chi connectivity index (χ1n) is 10.9. The molecule has 3 amide bonds. The Bertz CT molecular complexity index is 1420. The summed E-state index contributed by atoms with van der Waals surface area (Å²) in [5, 5.41) is 5.25. The van der Waals surface area contributed by atoms with Crippen LogP contribution in [0.5, 0.6) is 0 Å². The maximum Gasteiger partial charge on any atom is 0.327 e. The van der Waals surface area contributed by atoms with Crippen LogP contribution in [0.2, 0.25) is 5.02 Å². The highest BCUT2D eigenvalue weighted by atomic mass is 35.5. The van der Waals surface area contributed by atoms with Gasteiger partial charge in [0.1, 0.15) is 0 Å². The molecule has 1 saturated heterocycles. The molecule has 186 valence electrons. The molecular weight excluding hydrogens is 510 g/mol. The molecule has 4 rings (SSSR count). The van der Waals surface area contributed by atoms with Gasteiger partial charge < -0.3 is 10.6 Å². The van der Waals surface area contributed by atoms with Gasteiger partial charge in [0.25, 0.3) is 5.91 Å². The van der Waals surface area contributed by atoms with E-state index in [-0.39, 0.29) is 26.2 Å². The van der Waals surface area contributed by atoms with E-state index in [1.807, 2.05) is 19.9 Å². The van der Waals surface area contributed by atoms with Crippen LogP contribution in [0, 0.1) is 5.92 Å². The second-order valence-electron chi connectivity index (χ2n) is 9.25. The molecule has 1 aliphatic rings. The highest BCUT2D eigenvalue weighted by molar-refractivity contribution is 7.90. The third-order valence-corrected chi connectivity index (χ3v) is 8.41. The van der Waals surface area contributed by atoms with Crippen LogP contribution in [0.4, 0.5) is 15.6 Å². The van der Waals surface area contributed by atoms with Crippen molar-refractivity contribution in [1.29, 1.82) is 0 Å². The zero-order valence-electron chi connectivity index (χ0n) is 19.5. The van der Waals surface area contributed by atoms with Crippen LogP contribution < -0.4 is 21.3 Å². The van der Waals surface area contributed by atoms with Crippen LogP contribution in [0.1, 0.15) is 30.6 Å². The predicted octanol–water partition coefficient (Wildman–Crippen LogP) is 3.88. The quantitative estimate of drug-likeness (QED) is 0.451. The second-order valence-corrected chi connectivity index (χ2v) is 12.7. The number of sulfone groups is 1. The second kappa shape index (κ2) is 9.38. The summed E-state index contributed by atoms with van der Waals surface area (Å²) in [5.74, 6) is -0.326. The third-order valence-electron chi connectivity index (χ3n) is 6.04. The van der Waals surface area contributed by atoms with E-state index in [9.17, 15) is 18.0 Å². The fraction of sp³-hybridized carbons (Fsp3) is 0.348. The number of halogens is 1. The van der Waals surface area contributed by atoms with Gasteiger partial charge in [-0.25, -0.2) is 18.2 Å². The molecule has 1 atom stereocenters. The zero-order valence-corrected chi connectivity index (χ0v) is 21.9. The lowest BCUT2D eigenvalue weighted by molar-refractivity contribution is 0.0967. The van der Waals surface area contributed by atoms with Crippen LogP contribution >= 0.6 is 22.9 Å². The number of urea groups is 1. The number of fused-ring (bicyclic) bond motifs is 1. The third kappa shape index (κ3) is 5.75.